The van der Waals surface area contributed by atoms with Gasteiger partial charge in [-0.15, -0.1) is 11.3 Å². The molecular weight excluding hydrogens is 337 g/mol. The smallest absolute Gasteiger partial charge is 0.261 e. The van der Waals surface area contributed by atoms with Crippen LogP contribution in [-0.2, 0) is 6.42 Å². The van der Waals surface area contributed by atoms with Gasteiger partial charge in [0.05, 0.1) is 14.9 Å². The third-order valence-corrected chi connectivity index (χ3v) is 5.19. The van der Waals surface area contributed by atoms with Crippen LogP contribution in [0.2, 0.25) is 10.0 Å². The van der Waals surface area contributed by atoms with Crippen LogP contribution < -0.4 is 5.32 Å². The Bertz CT molecular complexity index is 795. The first kappa shape index (κ1) is 15.3. The van der Waals surface area contributed by atoms with Crippen LogP contribution in [0, 0.1) is 0 Å². The number of hydrogen-bond acceptors (Lipinski definition) is 2. The van der Waals surface area contributed by atoms with E-state index in [-0.39, 0.29) is 5.91 Å². The van der Waals surface area contributed by atoms with E-state index in [4.69, 9.17) is 23.2 Å². The van der Waals surface area contributed by atoms with Gasteiger partial charge in [-0.3, -0.25) is 4.79 Å². The summed E-state index contributed by atoms with van der Waals surface area (Å²) in [6.07, 6.45) is 0.716. The highest BCUT2D eigenvalue weighted by molar-refractivity contribution is 7.20. The third kappa shape index (κ3) is 3.43. The number of fused-ring (bicyclic) bond motifs is 1. The quantitative estimate of drug-likeness (QED) is 0.690. The fourth-order valence-electron chi connectivity index (χ4n) is 2.20. The number of thiophene rings is 1. The molecule has 0 fully saturated rings. The highest BCUT2D eigenvalue weighted by Crippen LogP contribution is 2.25. The second-order valence-electron chi connectivity index (χ2n) is 4.90. The molecule has 1 amide bonds. The van der Waals surface area contributed by atoms with Crippen LogP contribution in [0.15, 0.2) is 48.5 Å². The average molecular weight is 350 g/mol. The molecule has 0 aliphatic carbocycles. The first-order valence-corrected chi connectivity index (χ1v) is 8.41. The number of rotatable bonds is 4. The lowest BCUT2D eigenvalue weighted by molar-refractivity contribution is 0.0958. The number of benzene rings is 2. The van der Waals surface area contributed by atoms with E-state index < -0.39 is 0 Å². The van der Waals surface area contributed by atoms with E-state index in [2.05, 4.69) is 5.32 Å². The lowest BCUT2D eigenvalue weighted by atomic mass is 10.1. The molecule has 0 bridgehead atoms. The molecule has 1 N–H and O–H groups in total. The largest absolute Gasteiger partial charge is 0.351 e. The van der Waals surface area contributed by atoms with E-state index in [1.807, 2.05) is 42.5 Å². The summed E-state index contributed by atoms with van der Waals surface area (Å²) in [5, 5.41) is 5.12. The molecule has 0 spiro atoms. The molecule has 2 aromatic carbocycles. The summed E-state index contributed by atoms with van der Waals surface area (Å²) in [5.41, 5.74) is 1.05. The van der Waals surface area contributed by atoms with Gasteiger partial charge in [0.1, 0.15) is 0 Å². The fourth-order valence-corrected chi connectivity index (χ4v) is 3.50. The molecule has 0 atom stereocenters. The molecule has 5 heteroatoms. The number of hydrogen-bond donors (Lipinski definition) is 1. The third-order valence-electron chi connectivity index (χ3n) is 3.33. The maximum atomic E-state index is 12.2. The van der Waals surface area contributed by atoms with Crippen molar-refractivity contribution in [1.82, 2.24) is 5.32 Å². The number of nitrogens with one attached hydrogen (secondary N) is 1. The van der Waals surface area contributed by atoms with E-state index in [0.29, 0.717) is 23.0 Å². The monoisotopic (exact) mass is 349 g/mol. The van der Waals surface area contributed by atoms with Crippen LogP contribution in [0.25, 0.3) is 10.1 Å². The van der Waals surface area contributed by atoms with Crippen molar-refractivity contribution < 1.29 is 4.79 Å². The summed E-state index contributed by atoms with van der Waals surface area (Å²) in [6, 6.07) is 15.4. The minimum Gasteiger partial charge on any atom is -0.351 e. The summed E-state index contributed by atoms with van der Waals surface area (Å²) >= 11 is 13.4. The summed E-state index contributed by atoms with van der Waals surface area (Å²) in [6.45, 7) is 0.561. The summed E-state index contributed by atoms with van der Waals surface area (Å²) in [4.78, 5) is 12.9. The second-order valence-corrected chi connectivity index (χ2v) is 6.80. The van der Waals surface area contributed by atoms with Crippen LogP contribution in [-0.4, -0.2) is 12.5 Å². The van der Waals surface area contributed by atoms with Gasteiger partial charge in [0.2, 0.25) is 0 Å². The summed E-state index contributed by atoms with van der Waals surface area (Å²) in [5.74, 6) is -0.0405. The average Bonchev–Trinajstić information content (AvgIpc) is 2.95. The number of amides is 1. The van der Waals surface area contributed by atoms with Gasteiger partial charge in [-0.2, -0.15) is 0 Å². The van der Waals surface area contributed by atoms with Crippen molar-refractivity contribution in [3.63, 3.8) is 0 Å². The zero-order valence-electron chi connectivity index (χ0n) is 11.6. The van der Waals surface area contributed by atoms with Crippen molar-refractivity contribution in [3.8, 4) is 0 Å². The van der Waals surface area contributed by atoms with E-state index in [0.717, 1.165) is 20.5 Å². The van der Waals surface area contributed by atoms with Crippen molar-refractivity contribution >= 4 is 50.5 Å². The number of carbonyl (C=O) groups excluding carboxylic acids is 1. The van der Waals surface area contributed by atoms with Crippen molar-refractivity contribution in [2.45, 2.75) is 6.42 Å². The Labute approximate surface area is 142 Å². The molecule has 3 rings (SSSR count). The van der Waals surface area contributed by atoms with Gasteiger partial charge in [-0.1, -0.05) is 47.5 Å². The lowest BCUT2D eigenvalue weighted by Gasteiger charge is -2.05. The predicted octanol–water partition coefficient (Wildman–Crippen LogP) is 5.18. The lowest BCUT2D eigenvalue weighted by Crippen LogP contribution is -2.24. The van der Waals surface area contributed by atoms with Gasteiger partial charge in [0.25, 0.3) is 5.91 Å². The minimum absolute atomic E-state index is 0.0405. The fraction of sp³-hybridized carbons (Fsp3) is 0.118. The Balaban J connectivity index is 1.61. The number of halogens is 2. The van der Waals surface area contributed by atoms with E-state index in [1.165, 1.54) is 11.3 Å². The van der Waals surface area contributed by atoms with Gasteiger partial charge in [-0.05, 0) is 41.6 Å². The zero-order valence-corrected chi connectivity index (χ0v) is 13.9. The van der Waals surface area contributed by atoms with Crippen molar-refractivity contribution in [2.24, 2.45) is 0 Å². The molecule has 0 saturated heterocycles. The van der Waals surface area contributed by atoms with Gasteiger partial charge >= 0.3 is 0 Å². The Hall–Kier alpha value is -1.55. The van der Waals surface area contributed by atoms with Gasteiger partial charge in [0.15, 0.2) is 0 Å². The molecule has 2 nitrogen and oxygen atoms in total. The highest BCUT2D eigenvalue weighted by Gasteiger charge is 2.09. The molecule has 0 unspecified atom stereocenters. The minimum atomic E-state index is -0.0405. The summed E-state index contributed by atoms with van der Waals surface area (Å²) < 4.78 is 1.12. The molecule has 0 radical (unpaired) electrons. The first-order valence-electron chi connectivity index (χ1n) is 6.84. The van der Waals surface area contributed by atoms with Crippen molar-refractivity contribution in [3.05, 3.63) is 69.0 Å². The summed E-state index contributed by atoms with van der Waals surface area (Å²) in [7, 11) is 0. The van der Waals surface area contributed by atoms with Crippen LogP contribution in [0.1, 0.15) is 15.2 Å². The van der Waals surface area contributed by atoms with E-state index in [9.17, 15) is 4.79 Å². The van der Waals surface area contributed by atoms with E-state index in [1.54, 1.807) is 6.07 Å². The number of carbonyl (C=O) groups is 1. The maximum Gasteiger partial charge on any atom is 0.261 e. The first-order chi connectivity index (χ1) is 10.6. The maximum absolute atomic E-state index is 12.2. The molecule has 0 aliphatic heterocycles. The van der Waals surface area contributed by atoms with Crippen LogP contribution in [0.3, 0.4) is 0 Å². The van der Waals surface area contributed by atoms with Crippen LogP contribution in [0.4, 0.5) is 0 Å². The molecular formula is C17H13Cl2NOS. The molecule has 3 aromatic rings. The zero-order chi connectivity index (χ0) is 15.5. The Morgan fingerprint density at radius 1 is 1.05 bits per heavy atom. The van der Waals surface area contributed by atoms with Gasteiger partial charge < -0.3 is 5.32 Å². The second kappa shape index (κ2) is 6.69. The van der Waals surface area contributed by atoms with Crippen molar-refractivity contribution in [2.75, 3.05) is 6.54 Å². The Morgan fingerprint density at radius 3 is 2.64 bits per heavy atom. The van der Waals surface area contributed by atoms with Crippen LogP contribution >= 0.6 is 34.5 Å². The molecule has 0 aliphatic rings. The molecule has 1 aromatic heterocycles. The Morgan fingerprint density at radius 2 is 1.86 bits per heavy atom. The molecule has 0 saturated carbocycles. The van der Waals surface area contributed by atoms with Crippen LogP contribution in [0.5, 0.6) is 0 Å². The van der Waals surface area contributed by atoms with Gasteiger partial charge in [0, 0.05) is 11.2 Å². The Kier molecular flexibility index (Phi) is 4.67. The topological polar surface area (TPSA) is 29.1 Å². The van der Waals surface area contributed by atoms with Crippen molar-refractivity contribution in [1.29, 1.82) is 0 Å². The predicted molar refractivity (Wildman–Crippen MR) is 94.3 cm³/mol. The van der Waals surface area contributed by atoms with Gasteiger partial charge in [-0.25, -0.2) is 0 Å². The normalized spacial score (nSPS) is 10.8. The van der Waals surface area contributed by atoms with E-state index >= 15 is 0 Å². The highest BCUT2D eigenvalue weighted by atomic mass is 35.5. The standard InChI is InChI=1S/C17H13Cl2NOS/c18-13-6-5-11(9-14(13)19)7-8-20-17(21)16-10-12-3-1-2-4-15(12)22-16/h1-6,9-10H,7-8H2,(H,20,21). The molecule has 22 heavy (non-hydrogen) atoms. The SMILES string of the molecule is O=C(NCCc1ccc(Cl)c(Cl)c1)c1cc2ccccc2s1. The molecule has 112 valence electrons. The molecule has 1 heterocycles.